The Morgan fingerprint density at radius 2 is 2.19 bits per heavy atom. The third-order valence-corrected chi connectivity index (χ3v) is 5.35. The summed E-state index contributed by atoms with van der Waals surface area (Å²) in [5, 5.41) is 4.25. The summed E-state index contributed by atoms with van der Waals surface area (Å²) >= 11 is 1.67. The molecular weight excluding hydrogens is 362 g/mol. The highest BCUT2D eigenvalue weighted by Gasteiger charge is 2.14. The second-order valence-electron chi connectivity index (χ2n) is 6.45. The van der Waals surface area contributed by atoms with Gasteiger partial charge >= 0.3 is 0 Å². The molecule has 0 spiro atoms. The molecule has 3 heterocycles. The molecule has 1 fully saturated rings. The number of nitrogens with zero attached hydrogens (tertiary/aromatic N) is 3. The molecule has 1 aliphatic heterocycles. The number of nitrogens with one attached hydrogen (secondary N) is 2. The number of imidazole rings is 1. The monoisotopic (exact) mass is 385 g/mol. The highest BCUT2D eigenvalue weighted by atomic mass is 32.1. The molecule has 0 aliphatic carbocycles. The van der Waals surface area contributed by atoms with Gasteiger partial charge in [-0.1, -0.05) is 0 Å². The summed E-state index contributed by atoms with van der Waals surface area (Å²) in [5.74, 6) is 1.57. The number of H-pyrrole nitrogens is 1. The normalized spacial score (nSPS) is 15.0. The van der Waals surface area contributed by atoms with E-state index >= 15 is 0 Å². The molecule has 4 rings (SSSR count). The zero-order chi connectivity index (χ0) is 18.6. The van der Waals surface area contributed by atoms with Gasteiger partial charge in [0.15, 0.2) is 5.13 Å². The summed E-state index contributed by atoms with van der Waals surface area (Å²) in [7, 11) is 1.67. The molecule has 0 radical (unpaired) electrons. The minimum absolute atomic E-state index is 0.763. The van der Waals surface area contributed by atoms with Gasteiger partial charge in [0.25, 0.3) is 0 Å². The van der Waals surface area contributed by atoms with Crippen molar-refractivity contribution in [3.8, 4) is 17.1 Å². The minimum Gasteiger partial charge on any atom is -0.496 e. The molecule has 0 amide bonds. The molecule has 2 aromatic heterocycles. The molecule has 0 bridgehead atoms. The van der Waals surface area contributed by atoms with Crippen LogP contribution in [0.1, 0.15) is 10.6 Å². The smallest absolute Gasteiger partial charge is 0.187 e. The molecule has 1 aromatic carbocycles. The van der Waals surface area contributed by atoms with E-state index in [-0.39, 0.29) is 0 Å². The van der Waals surface area contributed by atoms with E-state index in [0.717, 1.165) is 66.5 Å². The van der Waals surface area contributed by atoms with Gasteiger partial charge in [-0.3, -0.25) is 4.90 Å². The SMILES string of the molecule is COc1cc(Nc2ncc(CN3CCOCC3)s2)ccc1-c1nc(C)c[nH]1. The van der Waals surface area contributed by atoms with E-state index in [2.05, 4.69) is 25.2 Å². The number of hydrogen-bond acceptors (Lipinski definition) is 7. The first-order valence-corrected chi connectivity index (χ1v) is 9.75. The van der Waals surface area contributed by atoms with Crippen molar-refractivity contribution < 1.29 is 9.47 Å². The van der Waals surface area contributed by atoms with Crippen LogP contribution in [0.5, 0.6) is 5.75 Å². The van der Waals surface area contributed by atoms with Gasteiger partial charge in [0.2, 0.25) is 0 Å². The Bertz CT molecular complexity index is 901. The zero-order valence-corrected chi connectivity index (χ0v) is 16.3. The van der Waals surface area contributed by atoms with E-state index < -0.39 is 0 Å². The van der Waals surface area contributed by atoms with Gasteiger partial charge in [0.05, 0.1) is 31.6 Å². The van der Waals surface area contributed by atoms with E-state index in [0.29, 0.717) is 0 Å². The molecule has 3 aromatic rings. The van der Waals surface area contributed by atoms with Crippen molar-refractivity contribution in [2.24, 2.45) is 0 Å². The summed E-state index contributed by atoms with van der Waals surface area (Å²) in [6, 6.07) is 5.98. The summed E-state index contributed by atoms with van der Waals surface area (Å²) in [6.45, 7) is 6.45. The summed E-state index contributed by atoms with van der Waals surface area (Å²) < 4.78 is 11.0. The van der Waals surface area contributed by atoms with Crippen LogP contribution < -0.4 is 10.1 Å². The Morgan fingerprint density at radius 1 is 1.33 bits per heavy atom. The second-order valence-corrected chi connectivity index (χ2v) is 7.57. The molecular formula is C19H23N5O2S. The number of anilines is 2. The molecule has 1 saturated heterocycles. The van der Waals surface area contributed by atoms with Gasteiger partial charge in [0.1, 0.15) is 11.6 Å². The van der Waals surface area contributed by atoms with Crippen LogP contribution >= 0.6 is 11.3 Å². The predicted molar refractivity (Wildman–Crippen MR) is 107 cm³/mol. The quantitative estimate of drug-likeness (QED) is 0.677. The standard InChI is InChI=1S/C19H23N5O2S/c1-13-10-20-18(22-13)16-4-3-14(9-17(16)25-2)23-19-21-11-15(27-19)12-24-5-7-26-8-6-24/h3-4,9-11H,5-8,12H2,1-2H3,(H,20,22)(H,21,23). The van der Waals surface area contributed by atoms with E-state index in [4.69, 9.17) is 9.47 Å². The Balaban J connectivity index is 1.46. The van der Waals surface area contributed by atoms with Crippen LogP contribution in [0, 0.1) is 6.92 Å². The molecule has 7 nitrogen and oxygen atoms in total. The Labute approximate surface area is 162 Å². The van der Waals surface area contributed by atoms with Crippen molar-refractivity contribution in [1.82, 2.24) is 19.9 Å². The van der Waals surface area contributed by atoms with Crippen LogP contribution in [0.15, 0.2) is 30.6 Å². The Hall–Kier alpha value is -2.42. The molecule has 0 saturated carbocycles. The second kappa shape index (κ2) is 8.08. The van der Waals surface area contributed by atoms with E-state index in [9.17, 15) is 0 Å². The fraction of sp³-hybridized carbons (Fsp3) is 0.368. The summed E-state index contributed by atoms with van der Waals surface area (Å²) in [6.07, 6.45) is 3.83. The molecule has 27 heavy (non-hydrogen) atoms. The minimum atomic E-state index is 0.763. The number of aryl methyl sites for hydroxylation is 1. The topological polar surface area (TPSA) is 75.3 Å². The molecule has 8 heteroatoms. The van der Waals surface area contributed by atoms with Gasteiger partial charge in [-0.05, 0) is 19.1 Å². The summed E-state index contributed by atoms with van der Waals surface area (Å²) in [5.41, 5.74) is 2.82. The lowest BCUT2D eigenvalue weighted by Crippen LogP contribution is -2.35. The number of morpholine rings is 1. The number of ether oxygens (including phenoxy) is 2. The number of aromatic nitrogens is 3. The number of aromatic amines is 1. The fourth-order valence-corrected chi connectivity index (χ4v) is 3.93. The maximum Gasteiger partial charge on any atom is 0.187 e. The number of rotatable bonds is 6. The highest BCUT2D eigenvalue weighted by molar-refractivity contribution is 7.15. The highest BCUT2D eigenvalue weighted by Crippen LogP contribution is 2.32. The van der Waals surface area contributed by atoms with E-state index in [1.54, 1.807) is 18.4 Å². The van der Waals surface area contributed by atoms with Crippen LogP contribution in [0.3, 0.4) is 0 Å². The van der Waals surface area contributed by atoms with Crippen molar-refractivity contribution in [3.05, 3.63) is 41.2 Å². The van der Waals surface area contributed by atoms with Gasteiger partial charge in [0, 0.05) is 48.7 Å². The Morgan fingerprint density at radius 3 is 2.93 bits per heavy atom. The van der Waals surface area contributed by atoms with E-state index in [1.807, 2.05) is 37.5 Å². The van der Waals surface area contributed by atoms with Crippen molar-refractivity contribution in [1.29, 1.82) is 0 Å². The average molecular weight is 385 g/mol. The molecule has 142 valence electrons. The van der Waals surface area contributed by atoms with Crippen LogP contribution in [-0.2, 0) is 11.3 Å². The number of benzene rings is 1. The van der Waals surface area contributed by atoms with Crippen LogP contribution in [0.4, 0.5) is 10.8 Å². The lowest BCUT2D eigenvalue weighted by atomic mass is 10.1. The zero-order valence-electron chi connectivity index (χ0n) is 15.5. The van der Waals surface area contributed by atoms with Gasteiger partial charge < -0.3 is 19.8 Å². The van der Waals surface area contributed by atoms with Crippen molar-refractivity contribution in [2.75, 3.05) is 38.7 Å². The lowest BCUT2D eigenvalue weighted by Gasteiger charge is -2.25. The number of methoxy groups -OCH3 is 1. The third kappa shape index (κ3) is 4.29. The maximum atomic E-state index is 5.56. The van der Waals surface area contributed by atoms with E-state index in [1.165, 1.54) is 4.88 Å². The third-order valence-electron chi connectivity index (χ3n) is 4.45. The largest absolute Gasteiger partial charge is 0.496 e. The average Bonchev–Trinajstić information content (AvgIpc) is 3.31. The molecule has 0 unspecified atom stereocenters. The predicted octanol–water partition coefficient (Wildman–Crippen LogP) is 3.43. The molecule has 0 atom stereocenters. The lowest BCUT2D eigenvalue weighted by molar-refractivity contribution is 0.0346. The van der Waals surface area contributed by atoms with Crippen LogP contribution in [0.25, 0.3) is 11.4 Å². The number of hydrogen-bond donors (Lipinski definition) is 2. The number of thiazole rings is 1. The molecule has 1 aliphatic rings. The molecule has 2 N–H and O–H groups in total. The van der Waals surface area contributed by atoms with Crippen molar-refractivity contribution in [2.45, 2.75) is 13.5 Å². The van der Waals surface area contributed by atoms with Crippen molar-refractivity contribution >= 4 is 22.2 Å². The first-order valence-electron chi connectivity index (χ1n) is 8.93. The summed E-state index contributed by atoms with van der Waals surface area (Å²) in [4.78, 5) is 15.8. The van der Waals surface area contributed by atoms with Gasteiger partial charge in [-0.25, -0.2) is 9.97 Å². The van der Waals surface area contributed by atoms with Gasteiger partial charge in [-0.15, -0.1) is 11.3 Å². The first kappa shape index (κ1) is 18.0. The Kier molecular flexibility index (Phi) is 5.38. The van der Waals surface area contributed by atoms with Crippen LogP contribution in [0.2, 0.25) is 0 Å². The first-order chi connectivity index (χ1) is 13.2. The van der Waals surface area contributed by atoms with Crippen molar-refractivity contribution in [3.63, 3.8) is 0 Å². The van der Waals surface area contributed by atoms with Gasteiger partial charge in [-0.2, -0.15) is 0 Å². The maximum absolute atomic E-state index is 5.56. The van der Waals surface area contributed by atoms with Crippen LogP contribution in [-0.4, -0.2) is 53.3 Å². The fourth-order valence-electron chi connectivity index (χ4n) is 3.06.